The van der Waals surface area contributed by atoms with Crippen molar-refractivity contribution in [1.82, 2.24) is 19.5 Å². The number of carboxylic acids is 1. The molecule has 3 heterocycles. The zero-order valence-corrected chi connectivity index (χ0v) is 9.57. The lowest BCUT2D eigenvalue weighted by molar-refractivity contribution is 0.0690. The van der Waals surface area contributed by atoms with Gasteiger partial charge < -0.3 is 5.11 Å². The third-order valence-electron chi connectivity index (χ3n) is 2.68. The van der Waals surface area contributed by atoms with Crippen molar-refractivity contribution in [2.24, 2.45) is 0 Å². The summed E-state index contributed by atoms with van der Waals surface area (Å²) in [7, 11) is 0. The van der Waals surface area contributed by atoms with Crippen LogP contribution in [0.25, 0.3) is 16.9 Å². The molecule has 94 valence electrons. The van der Waals surface area contributed by atoms with Gasteiger partial charge in [-0.3, -0.25) is 9.55 Å². The fourth-order valence-electron chi connectivity index (χ4n) is 1.84. The van der Waals surface area contributed by atoms with E-state index >= 15 is 0 Å². The molecule has 0 unspecified atom stereocenters. The SMILES string of the molecule is O=C(O)c1ccc(-n2c(=O)[nH]c3ncccc32)cn1. The van der Waals surface area contributed by atoms with Gasteiger partial charge in [-0.2, -0.15) is 0 Å². The molecule has 19 heavy (non-hydrogen) atoms. The lowest BCUT2D eigenvalue weighted by Gasteiger charge is -2.02. The lowest BCUT2D eigenvalue weighted by atomic mass is 10.3. The van der Waals surface area contributed by atoms with Gasteiger partial charge in [0.25, 0.3) is 0 Å². The Morgan fingerprint density at radius 2 is 2.11 bits per heavy atom. The molecule has 0 aliphatic rings. The van der Waals surface area contributed by atoms with Crippen molar-refractivity contribution in [3.8, 4) is 5.69 Å². The van der Waals surface area contributed by atoms with Gasteiger partial charge in [0.1, 0.15) is 5.69 Å². The van der Waals surface area contributed by atoms with E-state index in [9.17, 15) is 9.59 Å². The largest absolute Gasteiger partial charge is 0.477 e. The van der Waals surface area contributed by atoms with Crippen molar-refractivity contribution in [1.29, 1.82) is 0 Å². The fraction of sp³-hybridized carbons (Fsp3) is 0. The van der Waals surface area contributed by atoms with Gasteiger partial charge in [0.15, 0.2) is 5.65 Å². The van der Waals surface area contributed by atoms with E-state index in [0.717, 1.165) is 0 Å². The molecule has 0 aliphatic heterocycles. The zero-order valence-electron chi connectivity index (χ0n) is 9.57. The average Bonchev–Trinajstić information content (AvgIpc) is 2.74. The summed E-state index contributed by atoms with van der Waals surface area (Å²) >= 11 is 0. The van der Waals surface area contributed by atoms with Crippen LogP contribution in [0.2, 0.25) is 0 Å². The number of fused-ring (bicyclic) bond motifs is 1. The van der Waals surface area contributed by atoms with Gasteiger partial charge in [-0.15, -0.1) is 0 Å². The molecule has 7 heteroatoms. The van der Waals surface area contributed by atoms with E-state index in [1.165, 1.54) is 22.9 Å². The van der Waals surface area contributed by atoms with Gasteiger partial charge in [-0.25, -0.2) is 19.6 Å². The summed E-state index contributed by atoms with van der Waals surface area (Å²) in [5.74, 6) is -1.11. The number of imidazole rings is 1. The number of hydrogen-bond donors (Lipinski definition) is 2. The highest BCUT2D eigenvalue weighted by atomic mass is 16.4. The van der Waals surface area contributed by atoms with Gasteiger partial charge in [-0.1, -0.05) is 0 Å². The van der Waals surface area contributed by atoms with Crippen molar-refractivity contribution >= 4 is 17.1 Å². The maximum absolute atomic E-state index is 11.9. The number of pyridine rings is 2. The maximum atomic E-state index is 11.9. The number of aromatic amines is 1. The molecule has 3 aromatic heterocycles. The smallest absolute Gasteiger partial charge is 0.354 e. The molecule has 0 saturated carbocycles. The molecule has 0 aliphatic carbocycles. The third kappa shape index (κ3) is 1.77. The molecule has 0 spiro atoms. The highest BCUT2D eigenvalue weighted by Gasteiger charge is 2.10. The second-order valence-electron chi connectivity index (χ2n) is 3.84. The third-order valence-corrected chi connectivity index (χ3v) is 2.68. The molecular weight excluding hydrogens is 248 g/mol. The Hall–Kier alpha value is -2.96. The van der Waals surface area contributed by atoms with Gasteiger partial charge in [0, 0.05) is 6.20 Å². The Kier molecular flexibility index (Phi) is 2.38. The average molecular weight is 256 g/mol. The van der Waals surface area contributed by atoms with Crippen LogP contribution in [-0.2, 0) is 0 Å². The van der Waals surface area contributed by atoms with Crippen LogP contribution in [0.5, 0.6) is 0 Å². The summed E-state index contributed by atoms with van der Waals surface area (Å²) < 4.78 is 1.39. The van der Waals surface area contributed by atoms with E-state index in [0.29, 0.717) is 16.9 Å². The van der Waals surface area contributed by atoms with Crippen LogP contribution in [0.4, 0.5) is 0 Å². The second kappa shape index (κ2) is 4.05. The number of rotatable bonds is 2. The summed E-state index contributed by atoms with van der Waals surface area (Å²) in [5.41, 5.74) is 1.13. The normalized spacial score (nSPS) is 10.7. The van der Waals surface area contributed by atoms with Crippen molar-refractivity contribution in [2.45, 2.75) is 0 Å². The molecule has 0 radical (unpaired) electrons. The van der Waals surface area contributed by atoms with Crippen molar-refractivity contribution in [3.05, 3.63) is 52.8 Å². The monoisotopic (exact) mass is 256 g/mol. The highest BCUT2D eigenvalue weighted by molar-refractivity contribution is 5.85. The quantitative estimate of drug-likeness (QED) is 0.706. The number of nitrogens with zero attached hydrogens (tertiary/aromatic N) is 3. The number of nitrogens with one attached hydrogen (secondary N) is 1. The molecule has 0 amide bonds. The predicted molar refractivity (Wildman–Crippen MR) is 66.4 cm³/mol. The molecule has 0 aromatic carbocycles. The molecular formula is C12H8N4O3. The summed E-state index contributed by atoms with van der Waals surface area (Å²) in [6.45, 7) is 0. The van der Waals surface area contributed by atoms with Crippen LogP contribution in [0.15, 0.2) is 41.5 Å². The number of aromatic carboxylic acids is 1. The number of H-pyrrole nitrogens is 1. The minimum absolute atomic E-state index is 0.0743. The van der Waals surface area contributed by atoms with Crippen LogP contribution in [0.1, 0.15) is 10.5 Å². The summed E-state index contributed by atoms with van der Waals surface area (Å²) in [6, 6.07) is 6.33. The summed E-state index contributed by atoms with van der Waals surface area (Å²) in [5, 5.41) is 8.79. The van der Waals surface area contributed by atoms with E-state index in [4.69, 9.17) is 5.11 Å². The minimum atomic E-state index is -1.11. The van der Waals surface area contributed by atoms with E-state index in [1.54, 1.807) is 18.3 Å². The minimum Gasteiger partial charge on any atom is -0.477 e. The van der Waals surface area contributed by atoms with Gasteiger partial charge in [0.05, 0.1) is 17.4 Å². The molecule has 0 fully saturated rings. The van der Waals surface area contributed by atoms with E-state index in [-0.39, 0.29) is 11.4 Å². The van der Waals surface area contributed by atoms with Crippen LogP contribution in [-0.4, -0.2) is 30.6 Å². The Morgan fingerprint density at radius 3 is 2.79 bits per heavy atom. The van der Waals surface area contributed by atoms with Crippen molar-refractivity contribution in [2.75, 3.05) is 0 Å². The summed E-state index contributed by atoms with van der Waals surface area (Å²) in [6.07, 6.45) is 2.92. The second-order valence-corrected chi connectivity index (χ2v) is 3.84. The number of carboxylic acid groups (broad SMARTS) is 1. The number of hydrogen-bond acceptors (Lipinski definition) is 4. The molecule has 3 rings (SSSR count). The zero-order chi connectivity index (χ0) is 13.4. The number of carbonyl (C=O) groups is 1. The van der Waals surface area contributed by atoms with Crippen LogP contribution >= 0.6 is 0 Å². The maximum Gasteiger partial charge on any atom is 0.354 e. The van der Waals surface area contributed by atoms with Gasteiger partial charge >= 0.3 is 11.7 Å². The van der Waals surface area contributed by atoms with Crippen LogP contribution in [0, 0.1) is 0 Å². The van der Waals surface area contributed by atoms with Crippen LogP contribution < -0.4 is 5.69 Å². The van der Waals surface area contributed by atoms with E-state index in [2.05, 4.69) is 15.0 Å². The molecule has 2 N–H and O–H groups in total. The highest BCUT2D eigenvalue weighted by Crippen LogP contribution is 2.12. The predicted octanol–water partition coefficient (Wildman–Crippen LogP) is 0.807. The first-order valence-corrected chi connectivity index (χ1v) is 5.42. The lowest BCUT2D eigenvalue weighted by Crippen LogP contribution is -2.15. The Morgan fingerprint density at radius 1 is 1.26 bits per heavy atom. The Bertz CT molecular complexity index is 817. The molecule has 0 saturated heterocycles. The number of aromatic nitrogens is 4. The Labute approximate surface area is 106 Å². The molecule has 0 bridgehead atoms. The van der Waals surface area contributed by atoms with Gasteiger partial charge in [-0.05, 0) is 24.3 Å². The topological polar surface area (TPSA) is 101 Å². The van der Waals surface area contributed by atoms with Crippen LogP contribution in [0.3, 0.4) is 0 Å². The first-order chi connectivity index (χ1) is 9.16. The van der Waals surface area contributed by atoms with Gasteiger partial charge in [0.2, 0.25) is 0 Å². The molecule has 7 nitrogen and oxygen atoms in total. The van der Waals surface area contributed by atoms with Crippen molar-refractivity contribution < 1.29 is 9.90 Å². The summed E-state index contributed by atoms with van der Waals surface area (Å²) in [4.78, 5) is 33.1. The molecule has 0 atom stereocenters. The fourth-order valence-corrected chi connectivity index (χ4v) is 1.84. The van der Waals surface area contributed by atoms with Crippen molar-refractivity contribution in [3.63, 3.8) is 0 Å². The molecule has 3 aromatic rings. The first-order valence-electron chi connectivity index (χ1n) is 5.42. The van der Waals surface area contributed by atoms with E-state index in [1.807, 2.05) is 0 Å². The standard InChI is InChI=1S/C12H8N4O3/c17-11(18)8-4-3-7(6-14-8)16-9-2-1-5-13-10(9)15-12(16)19/h1-6H,(H,17,18)(H,13,15,19). The first kappa shape index (κ1) is 11.1. The Balaban J connectivity index is 2.21. The van der Waals surface area contributed by atoms with E-state index < -0.39 is 5.97 Å².